The van der Waals surface area contributed by atoms with Crippen LogP contribution in [0.4, 0.5) is 5.69 Å². The minimum absolute atomic E-state index is 0.202. The summed E-state index contributed by atoms with van der Waals surface area (Å²) in [5.74, 6) is -2.06. The highest BCUT2D eigenvalue weighted by molar-refractivity contribution is 6.30. The summed E-state index contributed by atoms with van der Waals surface area (Å²) in [4.78, 5) is 51.2. The lowest BCUT2D eigenvalue weighted by atomic mass is 9.82. The summed E-state index contributed by atoms with van der Waals surface area (Å²) < 4.78 is 5.10. The molecule has 1 saturated heterocycles. The van der Waals surface area contributed by atoms with Crippen LogP contribution in [0.3, 0.4) is 0 Å². The molecule has 0 spiro atoms. The normalized spacial score (nSPS) is 20.3. The van der Waals surface area contributed by atoms with Gasteiger partial charge in [-0.05, 0) is 68.3 Å². The van der Waals surface area contributed by atoms with E-state index in [1.807, 2.05) is 13.0 Å². The molecule has 158 valence electrons. The van der Waals surface area contributed by atoms with Crippen LogP contribution in [0, 0.1) is 11.8 Å². The second-order valence-corrected chi connectivity index (χ2v) is 8.20. The average molecular weight is 438 g/mol. The number of carbonyl (C=O) groups is 4. The molecule has 4 rings (SSSR count). The lowest BCUT2D eigenvalue weighted by Gasteiger charge is -2.18. The topological polar surface area (TPSA) is 80.8 Å². The van der Waals surface area contributed by atoms with E-state index in [9.17, 15) is 19.2 Å². The van der Waals surface area contributed by atoms with Crippen LogP contribution >= 0.6 is 11.6 Å². The number of amides is 2. The third-order valence-electron chi connectivity index (χ3n) is 5.68. The predicted octanol–water partition coefficient (Wildman–Crippen LogP) is 4.23. The van der Waals surface area contributed by atoms with E-state index in [0.29, 0.717) is 29.1 Å². The number of ketones is 1. The van der Waals surface area contributed by atoms with Crippen LogP contribution in [0.15, 0.2) is 60.2 Å². The molecule has 0 aromatic heterocycles. The molecule has 7 heteroatoms. The van der Waals surface area contributed by atoms with E-state index in [2.05, 4.69) is 0 Å². The van der Waals surface area contributed by atoms with Gasteiger partial charge in [-0.1, -0.05) is 23.3 Å². The van der Waals surface area contributed by atoms with E-state index >= 15 is 0 Å². The molecule has 0 unspecified atom stereocenters. The smallest absolute Gasteiger partial charge is 0.338 e. The zero-order chi connectivity index (χ0) is 22.1. The van der Waals surface area contributed by atoms with Gasteiger partial charge < -0.3 is 4.74 Å². The molecule has 0 radical (unpaired) electrons. The Morgan fingerprint density at radius 2 is 1.58 bits per heavy atom. The highest BCUT2D eigenvalue weighted by Crippen LogP contribution is 2.39. The maximum absolute atomic E-state index is 12.8. The van der Waals surface area contributed by atoms with Crippen molar-refractivity contribution < 1.29 is 23.9 Å². The van der Waals surface area contributed by atoms with Crippen molar-refractivity contribution in [3.63, 3.8) is 0 Å². The molecule has 0 N–H and O–H groups in total. The van der Waals surface area contributed by atoms with Gasteiger partial charge in [0.2, 0.25) is 11.8 Å². The number of halogens is 1. The number of hydrogen-bond donors (Lipinski definition) is 0. The summed E-state index contributed by atoms with van der Waals surface area (Å²) in [5.41, 5.74) is 2.16. The van der Waals surface area contributed by atoms with E-state index in [0.717, 1.165) is 5.57 Å². The molecular formula is C24H20ClNO5. The molecule has 1 fully saturated rings. The quantitative estimate of drug-likeness (QED) is 0.303. The van der Waals surface area contributed by atoms with Gasteiger partial charge in [-0.15, -0.1) is 0 Å². The molecule has 2 aromatic carbocycles. The second-order valence-electron chi connectivity index (χ2n) is 7.77. The van der Waals surface area contributed by atoms with E-state index in [4.69, 9.17) is 16.3 Å². The number of rotatable bonds is 5. The van der Waals surface area contributed by atoms with Crippen LogP contribution in [0.5, 0.6) is 0 Å². The summed E-state index contributed by atoms with van der Waals surface area (Å²) in [5, 5.41) is 0.509. The van der Waals surface area contributed by atoms with Crippen LogP contribution in [-0.4, -0.2) is 30.2 Å². The SMILES string of the molecule is CC1=CC[C@H]2C(=O)N(c3ccc(C(=O)OCC(=O)c4ccc(Cl)cc4)cc3)C(=O)[C@H]2C1. The highest BCUT2D eigenvalue weighted by Gasteiger charge is 2.48. The number of benzene rings is 2. The first-order chi connectivity index (χ1) is 14.8. The maximum atomic E-state index is 12.8. The first-order valence-electron chi connectivity index (χ1n) is 9.94. The number of fused-ring (bicyclic) bond motifs is 1. The van der Waals surface area contributed by atoms with E-state index in [1.165, 1.54) is 17.0 Å². The first kappa shape index (κ1) is 21.0. The Morgan fingerprint density at radius 3 is 2.26 bits per heavy atom. The maximum Gasteiger partial charge on any atom is 0.338 e. The summed E-state index contributed by atoms with van der Waals surface area (Å²) in [6.07, 6.45) is 3.18. The highest BCUT2D eigenvalue weighted by atomic mass is 35.5. The van der Waals surface area contributed by atoms with Crippen molar-refractivity contribution in [2.24, 2.45) is 11.8 Å². The fraction of sp³-hybridized carbons (Fsp3) is 0.250. The number of allylic oxidation sites excluding steroid dienone is 2. The third-order valence-corrected chi connectivity index (χ3v) is 5.94. The number of esters is 1. The largest absolute Gasteiger partial charge is 0.454 e. The molecule has 1 aliphatic heterocycles. The van der Waals surface area contributed by atoms with Crippen molar-refractivity contribution in [3.8, 4) is 0 Å². The van der Waals surface area contributed by atoms with Crippen LogP contribution in [0.2, 0.25) is 5.02 Å². The lowest BCUT2D eigenvalue weighted by molar-refractivity contribution is -0.122. The predicted molar refractivity (Wildman–Crippen MR) is 115 cm³/mol. The van der Waals surface area contributed by atoms with E-state index in [1.54, 1.807) is 36.4 Å². The van der Waals surface area contributed by atoms with Gasteiger partial charge in [-0.2, -0.15) is 0 Å². The summed E-state index contributed by atoms with van der Waals surface area (Å²) in [7, 11) is 0. The number of carbonyl (C=O) groups excluding carboxylic acids is 4. The van der Waals surface area contributed by atoms with Gasteiger partial charge in [0.25, 0.3) is 0 Å². The summed E-state index contributed by atoms with van der Waals surface area (Å²) in [6, 6.07) is 12.4. The molecule has 2 aliphatic rings. The molecule has 1 heterocycles. The summed E-state index contributed by atoms with van der Waals surface area (Å²) >= 11 is 5.80. The first-order valence-corrected chi connectivity index (χ1v) is 10.3. The summed E-state index contributed by atoms with van der Waals surface area (Å²) in [6.45, 7) is 1.57. The Hall–Kier alpha value is -3.25. The minimum Gasteiger partial charge on any atom is -0.454 e. The second kappa shape index (κ2) is 8.47. The Morgan fingerprint density at radius 1 is 0.968 bits per heavy atom. The fourth-order valence-electron chi connectivity index (χ4n) is 3.97. The van der Waals surface area contributed by atoms with Crippen LogP contribution < -0.4 is 4.90 Å². The van der Waals surface area contributed by atoms with Crippen molar-refractivity contribution in [2.75, 3.05) is 11.5 Å². The number of nitrogens with zero attached hydrogens (tertiary/aromatic N) is 1. The molecule has 1 aliphatic carbocycles. The van der Waals surface area contributed by atoms with E-state index < -0.39 is 12.6 Å². The third kappa shape index (κ3) is 4.16. The number of anilines is 1. The zero-order valence-corrected chi connectivity index (χ0v) is 17.6. The standard InChI is InChI=1S/C24H20ClNO5/c1-14-2-11-19-20(12-14)23(29)26(22(19)28)18-9-5-16(6-10-18)24(30)31-13-21(27)15-3-7-17(25)8-4-15/h2-10,19-20H,11-13H2,1H3/t19-,20+/m1/s1. The zero-order valence-electron chi connectivity index (χ0n) is 16.8. The fourth-order valence-corrected chi connectivity index (χ4v) is 4.10. The molecule has 31 heavy (non-hydrogen) atoms. The van der Waals surface area contributed by atoms with Gasteiger partial charge in [0.1, 0.15) is 0 Å². The Labute approximate surface area is 184 Å². The Balaban J connectivity index is 1.40. The average Bonchev–Trinajstić information content (AvgIpc) is 3.02. The molecular weight excluding hydrogens is 418 g/mol. The van der Waals surface area contributed by atoms with Gasteiger partial charge in [0.15, 0.2) is 12.4 Å². The van der Waals surface area contributed by atoms with Crippen molar-refractivity contribution in [1.29, 1.82) is 0 Å². The van der Waals surface area contributed by atoms with E-state index in [-0.39, 0.29) is 35.0 Å². The lowest BCUT2D eigenvalue weighted by Crippen LogP contribution is -2.30. The number of imide groups is 1. The molecule has 2 aromatic rings. The van der Waals surface area contributed by atoms with Gasteiger partial charge in [-0.25, -0.2) is 4.79 Å². The Kier molecular flexibility index (Phi) is 5.74. The minimum atomic E-state index is -0.665. The molecule has 2 amide bonds. The van der Waals surface area contributed by atoms with Gasteiger partial charge in [-0.3, -0.25) is 19.3 Å². The molecule has 2 atom stereocenters. The van der Waals surface area contributed by atoms with Crippen LogP contribution in [-0.2, 0) is 14.3 Å². The van der Waals surface area contributed by atoms with Crippen LogP contribution in [0.1, 0.15) is 40.5 Å². The monoisotopic (exact) mass is 437 g/mol. The van der Waals surface area contributed by atoms with Gasteiger partial charge >= 0.3 is 5.97 Å². The van der Waals surface area contributed by atoms with Crippen molar-refractivity contribution in [3.05, 3.63) is 76.3 Å². The number of ether oxygens (including phenoxy) is 1. The number of Topliss-reactive ketones (excluding diaryl/α,β-unsaturated/α-hetero) is 1. The van der Waals surface area contributed by atoms with Gasteiger partial charge in [0, 0.05) is 10.6 Å². The molecule has 6 nitrogen and oxygen atoms in total. The number of hydrogen-bond acceptors (Lipinski definition) is 5. The van der Waals surface area contributed by atoms with Crippen molar-refractivity contribution in [2.45, 2.75) is 19.8 Å². The van der Waals surface area contributed by atoms with Crippen molar-refractivity contribution >= 4 is 40.9 Å². The van der Waals surface area contributed by atoms with Crippen LogP contribution in [0.25, 0.3) is 0 Å². The molecule has 0 bridgehead atoms. The van der Waals surface area contributed by atoms with Gasteiger partial charge in [0.05, 0.1) is 23.1 Å². The Bertz CT molecular complexity index is 1090. The van der Waals surface area contributed by atoms with Crippen molar-refractivity contribution in [1.82, 2.24) is 0 Å². The molecule has 0 saturated carbocycles.